The SMILES string of the molecule is COC(=O)[C@@H]1C2CCC(C[C@@H]1O)N2C. The van der Waals surface area contributed by atoms with Gasteiger partial charge in [-0.15, -0.1) is 0 Å². The van der Waals surface area contributed by atoms with Crippen molar-refractivity contribution in [1.29, 1.82) is 0 Å². The van der Waals surface area contributed by atoms with Gasteiger partial charge in [0.05, 0.1) is 19.1 Å². The van der Waals surface area contributed by atoms with Crippen LogP contribution in [0.25, 0.3) is 0 Å². The minimum absolute atomic E-state index is 0.177. The van der Waals surface area contributed by atoms with Crippen LogP contribution in [-0.4, -0.2) is 48.3 Å². The zero-order chi connectivity index (χ0) is 10.3. The first-order valence-corrected chi connectivity index (χ1v) is 5.13. The number of piperidine rings is 1. The quantitative estimate of drug-likeness (QED) is 0.604. The number of methoxy groups -OCH3 is 1. The van der Waals surface area contributed by atoms with Gasteiger partial charge in [0, 0.05) is 12.1 Å². The number of carbonyl (C=O) groups is 1. The van der Waals surface area contributed by atoms with Crippen molar-refractivity contribution in [2.24, 2.45) is 5.92 Å². The highest BCUT2D eigenvalue weighted by atomic mass is 16.5. The van der Waals surface area contributed by atoms with Gasteiger partial charge in [-0.05, 0) is 26.3 Å². The molecule has 2 rings (SSSR count). The highest BCUT2D eigenvalue weighted by Crippen LogP contribution is 2.38. The van der Waals surface area contributed by atoms with Crippen LogP contribution in [0.2, 0.25) is 0 Å². The molecular weight excluding hydrogens is 182 g/mol. The minimum Gasteiger partial charge on any atom is -0.469 e. The zero-order valence-corrected chi connectivity index (χ0v) is 8.64. The molecule has 2 fully saturated rings. The molecule has 0 radical (unpaired) electrons. The van der Waals surface area contributed by atoms with Crippen molar-refractivity contribution in [3.8, 4) is 0 Å². The molecule has 0 saturated carbocycles. The molecule has 2 saturated heterocycles. The zero-order valence-electron chi connectivity index (χ0n) is 8.64. The van der Waals surface area contributed by atoms with E-state index in [1.54, 1.807) is 0 Å². The summed E-state index contributed by atoms with van der Waals surface area (Å²) < 4.78 is 4.73. The fourth-order valence-electron chi connectivity index (χ4n) is 2.89. The fraction of sp³-hybridized carbons (Fsp3) is 0.900. The number of hydrogen-bond acceptors (Lipinski definition) is 4. The summed E-state index contributed by atoms with van der Waals surface area (Å²) in [6.07, 6.45) is 2.27. The maximum atomic E-state index is 11.5. The second kappa shape index (κ2) is 3.51. The van der Waals surface area contributed by atoms with Crippen LogP contribution in [0.5, 0.6) is 0 Å². The number of nitrogens with zero attached hydrogens (tertiary/aromatic N) is 1. The van der Waals surface area contributed by atoms with Crippen molar-refractivity contribution in [2.75, 3.05) is 14.2 Å². The molecule has 0 aliphatic carbocycles. The summed E-state index contributed by atoms with van der Waals surface area (Å²) in [5, 5.41) is 9.84. The smallest absolute Gasteiger partial charge is 0.312 e. The third kappa shape index (κ3) is 1.33. The maximum absolute atomic E-state index is 11.5. The molecule has 4 atom stereocenters. The summed E-state index contributed by atoms with van der Waals surface area (Å²) in [5.74, 6) is -0.613. The van der Waals surface area contributed by atoms with Crippen LogP contribution in [0, 0.1) is 5.92 Å². The first-order chi connectivity index (χ1) is 6.65. The number of aliphatic hydroxyl groups excluding tert-OH is 1. The van der Waals surface area contributed by atoms with Gasteiger partial charge >= 0.3 is 5.97 Å². The molecule has 0 aromatic rings. The lowest BCUT2D eigenvalue weighted by molar-refractivity contribution is -0.155. The molecule has 4 heteroatoms. The lowest BCUT2D eigenvalue weighted by atomic mass is 9.88. The lowest BCUT2D eigenvalue weighted by Gasteiger charge is -2.39. The Balaban J connectivity index is 2.18. The lowest BCUT2D eigenvalue weighted by Crippen LogP contribution is -2.52. The van der Waals surface area contributed by atoms with Crippen molar-refractivity contribution in [3.63, 3.8) is 0 Å². The van der Waals surface area contributed by atoms with Crippen molar-refractivity contribution >= 4 is 5.97 Å². The number of hydrogen-bond donors (Lipinski definition) is 1. The van der Waals surface area contributed by atoms with E-state index < -0.39 is 6.10 Å². The normalized spacial score (nSPS) is 42.5. The second-order valence-corrected chi connectivity index (χ2v) is 4.32. The monoisotopic (exact) mass is 199 g/mol. The molecule has 14 heavy (non-hydrogen) atoms. The molecule has 0 amide bonds. The molecule has 2 aliphatic heterocycles. The Morgan fingerprint density at radius 1 is 1.50 bits per heavy atom. The van der Waals surface area contributed by atoms with Gasteiger partial charge in [0.2, 0.25) is 0 Å². The van der Waals surface area contributed by atoms with Gasteiger partial charge in [-0.25, -0.2) is 0 Å². The van der Waals surface area contributed by atoms with Gasteiger partial charge < -0.3 is 9.84 Å². The Morgan fingerprint density at radius 2 is 2.21 bits per heavy atom. The predicted octanol–water partition coefficient (Wildman–Crippen LogP) is 0.00300. The molecule has 0 spiro atoms. The van der Waals surface area contributed by atoms with E-state index in [2.05, 4.69) is 4.90 Å². The second-order valence-electron chi connectivity index (χ2n) is 4.32. The Bertz CT molecular complexity index is 244. The van der Waals surface area contributed by atoms with E-state index in [1.165, 1.54) is 7.11 Å². The largest absolute Gasteiger partial charge is 0.469 e. The molecule has 0 aromatic heterocycles. The Morgan fingerprint density at radius 3 is 2.86 bits per heavy atom. The number of ether oxygens (including phenoxy) is 1. The van der Waals surface area contributed by atoms with E-state index in [1.807, 2.05) is 7.05 Å². The van der Waals surface area contributed by atoms with Crippen molar-refractivity contribution in [1.82, 2.24) is 4.90 Å². The summed E-state index contributed by atoms with van der Waals surface area (Å²) in [6.45, 7) is 0. The predicted molar refractivity (Wildman–Crippen MR) is 50.7 cm³/mol. The van der Waals surface area contributed by atoms with Gasteiger partial charge in [-0.1, -0.05) is 0 Å². The van der Waals surface area contributed by atoms with Crippen LogP contribution in [0.1, 0.15) is 19.3 Å². The number of aliphatic hydroxyl groups is 1. The van der Waals surface area contributed by atoms with Gasteiger partial charge in [0.1, 0.15) is 0 Å². The highest BCUT2D eigenvalue weighted by Gasteiger charge is 2.48. The molecule has 2 aliphatic rings. The average Bonchev–Trinajstić information content (AvgIpc) is 2.42. The van der Waals surface area contributed by atoms with Crippen LogP contribution in [0.15, 0.2) is 0 Å². The van der Waals surface area contributed by atoms with E-state index >= 15 is 0 Å². The Labute approximate surface area is 83.8 Å². The topological polar surface area (TPSA) is 49.8 Å². The number of carbonyl (C=O) groups excluding carboxylic acids is 1. The third-order valence-electron chi connectivity index (χ3n) is 3.71. The van der Waals surface area contributed by atoms with Crippen LogP contribution >= 0.6 is 0 Å². The molecule has 2 bridgehead atoms. The highest BCUT2D eigenvalue weighted by molar-refractivity contribution is 5.74. The molecule has 0 aromatic carbocycles. The van der Waals surface area contributed by atoms with Crippen molar-refractivity contribution < 1.29 is 14.6 Å². The standard InChI is InChI=1S/C10H17NO3/c1-11-6-3-4-7(11)9(8(12)5-6)10(13)14-2/h6-9,12H,3-5H2,1-2H3/t6?,7?,8-,9+/m0/s1. The van der Waals surface area contributed by atoms with Gasteiger partial charge in [0.25, 0.3) is 0 Å². The number of rotatable bonds is 1. The van der Waals surface area contributed by atoms with Crippen molar-refractivity contribution in [2.45, 2.75) is 37.5 Å². The van der Waals surface area contributed by atoms with Crippen LogP contribution in [-0.2, 0) is 9.53 Å². The van der Waals surface area contributed by atoms with Crippen LogP contribution in [0.3, 0.4) is 0 Å². The molecule has 1 N–H and O–H groups in total. The van der Waals surface area contributed by atoms with Crippen LogP contribution in [0.4, 0.5) is 0 Å². The number of fused-ring (bicyclic) bond motifs is 2. The van der Waals surface area contributed by atoms with E-state index in [4.69, 9.17) is 4.74 Å². The van der Waals surface area contributed by atoms with Crippen LogP contribution < -0.4 is 0 Å². The Hall–Kier alpha value is -0.610. The van der Waals surface area contributed by atoms with Gasteiger partial charge in [-0.3, -0.25) is 9.69 Å². The maximum Gasteiger partial charge on any atom is 0.312 e. The summed E-state index contributed by atoms with van der Waals surface area (Å²) in [4.78, 5) is 13.7. The van der Waals surface area contributed by atoms with E-state index in [0.717, 1.165) is 12.8 Å². The van der Waals surface area contributed by atoms with Gasteiger partial charge in [-0.2, -0.15) is 0 Å². The Kier molecular flexibility index (Phi) is 2.49. The minimum atomic E-state index is -0.517. The first-order valence-electron chi connectivity index (χ1n) is 5.13. The molecular formula is C10H17NO3. The molecule has 4 nitrogen and oxygen atoms in total. The molecule has 2 heterocycles. The summed E-state index contributed by atoms with van der Waals surface area (Å²) in [5.41, 5.74) is 0. The summed E-state index contributed by atoms with van der Waals surface area (Å²) in [6, 6.07) is 0.632. The first kappa shape index (κ1) is 9.93. The van der Waals surface area contributed by atoms with Crippen molar-refractivity contribution in [3.05, 3.63) is 0 Å². The van der Waals surface area contributed by atoms with E-state index in [0.29, 0.717) is 12.5 Å². The summed E-state index contributed by atoms with van der Waals surface area (Å²) in [7, 11) is 3.42. The summed E-state index contributed by atoms with van der Waals surface area (Å²) >= 11 is 0. The number of esters is 1. The van der Waals surface area contributed by atoms with E-state index in [-0.39, 0.29) is 17.9 Å². The molecule has 80 valence electrons. The fourth-order valence-corrected chi connectivity index (χ4v) is 2.89. The molecule has 2 unspecified atom stereocenters. The van der Waals surface area contributed by atoms with Gasteiger partial charge in [0.15, 0.2) is 0 Å². The van der Waals surface area contributed by atoms with E-state index in [9.17, 15) is 9.90 Å². The third-order valence-corrected chi connectivity index (χ3v) is 3.71. The average molecular weight is 199 g/mol.